The van der Waals surface area contributed by atoms with E-state index in [1.807, 2.05) is 18.2 Å². The van der Waals surface area contributed by atoms with E-state index in [4.69, 9.17) is 28.2 Å². The van der Waals surface area contributed by atoms with Crippen LogP contribution in [0.15, 0.2) is 48.5 Å². The third-order valence-corrected chi connectivity index (χ3v) is 5.18. The molecule has 0 amide bonds. The molecular weight excluding hydrogens is 313 g/mol. The van der Waals surface area contributed by atoms with E-state index in [-0.39, 0.29) is 0 Å². The van der Waals surface area contributed by atoms with Gasteiger partial charge >= 0.3 is 0 Å². The number of benzene rings is 2. The van der Waals surface area contributed by atoms with Crippen molar-refractivity contribution in [1.29, 1.82) is 0 Å². The average molecular weight is 328 g/mol. The number of hydrogen-bond donors (Lipinski definition) is 0. The van der Waals surface area contributed by atoms with Crippen LogP contribution in [0.25, 0.3) is 10.9 Å². The maximum absolute atomic E-state index is 6.68. The normalized spacial score (nSPS) is 17.5. The SMILES string of the molecule is Clc1ccc2c(Cl)c3c(nc2c1)CCC(c1ccccc1)C3. The van der Waals surface area contributed by atoms with Gasteiger partial charge in [0.2, 0.25) is 0 Å². The molecule has 0 fully saturated rings. The second-order valence-corrected chi connectivity index (χ2v) is 6.68. The number of hydrogen-bond acceptors (Lipinski definition) is 1. The van der Waals surface area contributed by atoms with Gasteiger partial charge in [-0.15, -0.1) is 0 Å². The summed E-state index contributed by atoms with van der Waals surface area (Å²) in [6.07, 6.45) is 3.05. The Labute approximate surface area is 139 Å². The Morgan fingerprint density at radius 2 is 1.82 bits per heavy atom. The molecule has 0 radical (unpaired) electrons. The summed E-state index contributed by atoms with van der Waals surface area (Å²) in [5.41, 5.74) is 4.62. The molecule has 0 N–H and O–H groups in total. The zero-order chi connectivity index (χ0) is 15.1. The van der Waals surface area contributed by atoms with Gasteiger partial charge in [-0.3, -0.25) is 4.98 Å². The van der Waals surface area contributed by atoms with Crippen molar-refractivity contribution in [3.63, 3.8) is 0 Å². The van der Waals surface area contributed by atoms with Crippen molar-refractivity contribution >= 4 is 34.1 Å². The van der Waals surface area contributed by atoms with Crippen LogP contribution >= 0.6 is 23.2 Å². The van der Waals surface area contributed by atoms with Crippen LogP contribution in [0.2, 0.25) is 10.0 Å². The number of aryl methyl sites for hydroxylation is 1. The Hall–Kier alpha value is -1.57. The van der Waals surface area contributed by atoms with Gasteiger partial charge in [0.05, 0.1) is 10.5 Å². The minimum Gasteiger partial charge on any atom is -0.252 e. The van der Waals surface area contributed by atoms with E-state index in [0.29, 0.717) is 10.9 Å². The fourth-order valence-corrected chi connectivity index (χ4v) is 3.88. The van der Waals surface area contributed by atoms with E-state index in [2.05, 4.69) is 30.3 Å². The van der Waals surface area contributed by atoms with E-state index in [1.165, 1.54) is 11.1 Å². The molecule has 0 aliphatic heterocycles. The molecule has 1 atom stereocenters. The van der Waals surface area contributed by atoms with Crippen LogP contribution in [0.3, 0.4) is 0 Å². The van der Waals surface area contributed by atoms with Crippen molar-refractivity contribution in [2.75, 3.05) is 0 Å². The van der Waals surface area contributed by atoms with Crippen LogP contribution in [0.1, 0.15) is 29.2 Å². The third kappa shape index (κ3) is 2.39. The first-order valence-corrected chi connectivity index (χ1v) is 8.29. The lowest BCUT2D eigenvalue weighted by Gasteiger charge is -2.26. The molecule has 4 rings (SSSR count). The molecule has 22 heavy (non-hydrogen) atoms. The first-order chi connectivity index (χ1) is 10.7. The number of halogens is 2. The van der Waals surface area contributed by atoms with Gasteiger partial charge in [0.1, 0.15) is 0 Å². The van der Waals surface area contributed by atoms with Crippen LogP contribution < -0.4 is 0 Å². The first kappa shape index (κ1) is 14.0. The second-order valence-electron chi connectivity index (χ2n) is 5.86. The summed E-state index contributed by atoms with van der Waals surface area (Å²) in [6.45, 7) is 0. The van der Waals surface area contributed by atoms with Gasteiger partial charge in [-0.05, 0) is 54.5 Å². The van der Waals surface area contributed by atoms with Crippen molar-refractivity contribution < 1.29 is 0 Å². The Balaban J connectivity index is 1.80. The van der Waals surface area contributed by atoms with Gasteiger partial charge in [-0.25, -0.2) is 0 Å². The highest BCUT2D eigenvalue weighted by atomic mass is 35.5. The number of fused-ring (bicyclic) bond motifs is 2. The van der Waals surface area contributed by atoms with Crippen LogP contribution in [0, 0.1) is 0 Å². The van der Waals surface area contributed by atoms with Crippen LogP contribution in [0.4, 0.5) is 0 Å². The number of rotatable bonds is 1. The Morgan fingerprint density at radius 3 is 2.64 bits per heavy atom. The molecule has 3 aromatic rings. The molecule has 1 aliphatic rings. The van der Waals surface area contributed by atoms with Gasteiger partial charge < -0.3 is 0 Å². The average Bonchev–Trinajstić information content (AvgIpc) is 2.55. The molecule has 2 aromatic carbocycles. The zero-order valence-corrected chi connectivity index (χ0v) is 13.5. The Morgan fingerprint density at radius 1 is 1.00 bits per heavy atom. The second kappa shape index (κ2) is 5.57. The maximum atomic E-state index is 6.68. The predicted octanol–water partition coefficient (Wildman–Crippen LogP) is 5.81. The molecule has 1 nitrogen and oxygen atoms in total. The molecule has 0 saturated heterocycles. The highest BCUT2D eigenvalue weighted by molar-refractivity contribution is 6.37. The summed E-state index contributed by atoms with van der Waals surface area (Å²) in [7, 11) is 0. The topological polar surface area (TPSA) is 12.9 Å². The highest BCUT2D eigenvalue weighted by Crippen LogP contribution is 2.38. The van der Waals surface area contributed by atoms with Crippen molar-refractivity contribution in [2.24, 2.45) is 0 Å². The van der Waals surface area contributed by atoms with Gasteiger partial charge in [0.25, 0.3) is 0 Å². The lowest BCUT2D eigenvalue weighted by Crippen LogP contribution is -2.15. The molecule has 0 saturated carbocycles. The van der Waals surface area contributed by atoms with Gasteiger partial charge in [-0.2, -0.15) is 0 Å². The molecule has 0 spiro atoms. The van der Waals surface area contributed by atoms with E-state index in [0.717, 1.165) is 40.9 Å². The quantitative estimate of drug-likeness (QED) is 0.549. The molecule has 1 unspecified atom stereocenters. The molecule has 1 aliphatic carbocycles. The molecular formula is C19H15Cl2N. The van der Waals surface area contributed by atoms with Crippen molar-refractivity contribution in [1.82, 2.24) is 4.98 Å². The fourth-order valence-electron chi connectivity index (χ4n) is 3.37. The summed E-state index contributed by atoms with van der Waals surface area (Å²) < 4.78 is 0. The Bertz CT molecular complexity index is 843. The third-order valence-electron chi connectivity index (χ3n) is 4.52. The van der Waals surface area contributed by atoms with Gasteiger partial charge in [0.15, 0.2) is 0 Å². The maximum Gasteiger partial charge on any atom is 0.0735 e. The molecule has 3 heteroatoms. The largest absolute Gasteiger partial charge is 0.252 e. The molecule has 110 valence electrons. The van der Waals surface area contributed by atoms with Crippen LogP contribution in [-0.2, 0) is 12.8 Å². The summed E-state index contributed by atoms with van der Waals surface area (Å²) in [4.78, 5) is 4.80. The Kier molecular flexibility index (Phi) is 3.56. The van der Waals surface area contributed by atoms with Crippen LogP contribution in [0.5, 0.6) is 0 Å². The summed E-state index contributed by atoms with van der Waals surface area (Å²) in [5, 5.41) is 2.55. The molecule has 1 aromatic heterocycles. The van der Waals surface area contributed by atoms with E-state index in [9.17, 15) is 0 Å². The fraction of sp³-hybridized carbons (Fsp3) is 0.211. The van der Waals surface area contributed by atoms with Gasteiger partial charge in [0, 0.05) is 16.1 Å². The van der Waals surface area contributed by atoms with Crippen molar-refractivity contribution in [2.45, 2.75) is 25.2 Å². The number of nitrogens with zero attached hydrogens (tertiary/aromatic N) is 1. The first-order valence-electron chi connectivity index (χ1n) is 7.54. The standard InChI is InChI=1S/C19H15Cl2N/c20-14-7-8-15-18(11-14)22-17-9-6-13(10-16(17)19(15)21)12-4-2-1-3-5-12/h1-5,7-8,11,13H,6,9-10H2. The zero-order valence-electron chi connectivity index (χ0n) is 12.0. The van der Waals surface area contributed by atoms with E-state index in [1.54, 1.807) is 0 Å². The lowest BCUT2D eigenvalue weighted by molar-refractivity contribution is 0.576. The van der Waals surface area contributed by atoms with E-state index < -0.39 is 0 Å². The van der Waals surface area contributed by atoms with E-state index >= 15 is 0 Å². The van der Waals surface area contributed by atoms with Gasteiger partial charge in [-0.1, -0.05) is 53.5 Å². The minimum atomic E-state index is 0.526. The summed E-state index contributed by atoms with van der Waals surface area (Å²) >= 11 is 12.8. The molecule has 1 heterocycles. The van der Waals surface area contributed by atoms with Crippen molar-refractivity contribution in [3.8, 4) is 0 Å². The van der Waals surface area contributed by atoms with Crippen molar-refractivity contribution in [3.05, 3.63) is 75.4 Å². The van der Waals surface area contributed by atoms with Crippen LogP contribution in [-0.4, -0.2) is 4.98 Å². The smallest absolute Gasteiger partial charge is 0.0735 e. The summed E-state index contributed by atoms with van der Waals surface area (Å²) in [5.74, 6) is 0.526. The highest BCUT2D eigenvalue weighted by Gasteiger charge is 2.24. The number of pyridine rings is 1. The molecule has 0 bridgehead atoms. The number of aromatic nitrogens is 1. The summed E-state index contributed by atoms with van der Waals surface area (Å²) in [6, 6.07) is 16.4. The monoisotopic (exact) mass is 327 g/mol. The predicted molar refractivity (Wildman–Crippen MR) is 93.0 cm³/mol. The minimum absolute atomic E-state index is 0.526. The lowest BCUT2D eigenvalue weighted by atomic mass is 9.82.